The van der Waals surface area contributed by atoms with E-state index in [2.05, 4.69) is 20.4 Å². The number of aromatic nitrogens is 3. The number of benzene rings is 1. The van der Waals surface area contributed by atoms with Crippen LogP contribution in [0.15, 0.2) is 23.4 Å². The van der Waals surface area contributed by atoms with Crippen LogP contribution in [0.4, 0.5) is 4.79 Å². The molecule has 2 amide bonds. The Bertz CT molecular complexity index is 951. The Kier molecular flexibility index (Phi) is 6.51. The molecule has 0 saturated carbocycles. The highest BCUT2D eigenvalue weighted by molar-refractivity contribution is 7.99. The zero-order valence-electron chi connectivity index (χ0n) is 17.7. The molecule has 11 nitrogen and oxygen atoms in total. The number of nitrogens with zero attached hydrogens (tertiary/aromatic N) is 5. The van der Waals surface area contributed by atoms with Gasteiger partial charge < -0.3 is 24.3 Å². The normalized spacial score (nSPS) is 17.8. The van der Waals surface area contributed by atoms with Gasteiger partial charge in [-0.3, -0.25) is 4.90 Å². The lowest BCUT2D eigenvalue weighted by Gasteiger charge is -2.29. The fraction of sp³-hybridized carbons (Fsp3) is 0.550. The average Bonchev–Trinajstić information content (AvgIpc) is 3.47. The van der Waals surface area contributed by atoms with E-state index in [9.17, 15) is 4.79 Å². The zero-order chi connectivity index (χ0) is 21.8. The second kappa shape index (κ2) is 9.84. The molecule has 32 heavy (non-hydrogen) atoms. The van der Waals surface area contributed by atoms with Gasteiger partial charge in [-0.1, -0.05) is 11.8 Å². The van der Waals surface area contributed by atoms with Crippen molar-refractivity contribution in [3.8, 4) is 17.2 Å². The number of ether oxygens (including phenoxy) is 4. The van der Waals surface area contributed by atoms with Crippen LogP contribution in [0.5, 0.6) is 17.2 Å². The number of hydrogen-bond acceptors (Lipinski definition) is 9. The largest absolute Gasteiger partial charge is 0.485 e. The van der Waals surface area contributed by atoms with Gasteiger partial charge in [0.05, 0.1) is 19.8 Å². The molecule has 0 bridgehead atoms. The summed E-state index contributed by atoms with van der Waals surface area (Å²) in [4.78, 5) is 15.2. The van der Waals surface area contributed by atoms with E-state index in [1.165, 1.54) is 0 Å². The quantitative estimate of drug-likeness (QED) is 0.605. The number of amides is 2. The molecule has 0 atom stereocenters. The monoisotopic (exact) mass is 462 g/mol. The summed E-state index contributed by atoms with van der Waals surface area (Å²) in [6.45, 7) is 5.99. The summed E-state index contributed by atoms with van der Waals surface area (Å²) in [7, 11) is 0. The molecule has 172 valence electrons. The maximum atomic E-state index is 12.9. The number of nitrogens with one attached hydrogen (secondary N) is 1. The molecule has 1 aromatic carbocycles. The first-order valence-corrected chi connectivity index (χ1v) is 11.7. The predicted molar refractivity (Wildman–Crippen MR) is 116 cm³/mol. The van der Waals surface area contributed by atoms with E-state index in [0.29, 0.717) is 41.3 Å². The molecule has 3 aliphatic rings. The molecule has 1 aromatic heterocycles. The highest BCUT2D eigenvalue weighted by atomic mass is 32.2. The minimum atomic E-state index is -0.155. The summed E-state index contributed by atoms with van der Waals surface area (Å²) >= 11 is 1.57. The highest BCUT2D eigenvalue weighted by Gasteiger charge is 2.27. The van der Waals surface area contributed by atoms with Crippen LogP contribution in [-0.4, -0.2) is 84.3 Å². The summed E-state index contributed by atoms with van der Waals surface area (Å²) in [6, 6.07) is 5.25. The first-order valence-electron chi connectivity index (χ1n) is 10.7. The predicted octanol–water partition coefficient (Wildman–Crippen LogP) is 1.06. The van der Waals surface area contributed by atoms with Gasteiger partial charge in [-0.25, -0.2) is 14.5 Å². The van der Waals surface area contributed by atoms with Crippen LogP contribution in [0.3, 0.4) is 0 Å². The van der Waals surface area contributed by atoms with Crippen molar-refractivity contribution in [2.75, 3.05) is 63.5 Å². The lowest BCUT2D eigenvalue weighted by Crippen LogP contribution is -2.51. The molecular formula is C20H26N6O5S. The third-order valence-corrected chi connectivity index (χ3v) is 6.33. The van der Waals surface area contributed by atoms with Crippen LogP contribution in [0, 0.1) is 0 Å². The summed E-state index contributed by atoms with van der Waals surface area (Å²) in [5.74, 6) is 3.31. The third kappa shape index (κ3) is 4.71. The van der Waals surface area contributed by atoms with Gasteiger partial charge in [0.2, 0.25) is 11.9 Å². The fourth-order valence-corrected chi connectivity index (χ4v) is 4.63. The molecule has 12 heteroatoms. The van der Waals surface area contributed by atoms with Crippen molar-refractivity contribution in [2.45, 2.75) is 18.2 Å². The summed E-state index contributed by atoms with van der Waals surface area (Å²) in [5, 5.41) is 13.8. The smallest absolute Gasteiger partial charge is 0.336 e. The average molecular weight is 463 g/mol. The minimum Gasteiger partial charge on any atom is -0.485 e. The van der Waals surface area contributed by atoms with Gasteiger partial charge in [0.25, 0.3) is 0 Å². The van der Waals surface area contributed by atoms with E-state index < -0.39 is 0 Å². The van der Waals surface area contributed by atoms with Crippen LogP contribution < -0.4 is 24.5 Å². The maximum absolute atomic E-state index is 12.9. The number of hydrogen-bond donors (Lipinski definition) is 1. The van der Waals surface area contributed by atoms with E-state index in [0.717, 1.165) is 45.0 Å². The van der Waals surface area contributed by atoms with Crippen LogP contribution in [0.25, 0.3) is 0 Å². The lowest BCUT2D eigenvalue weighted by molar-refractivity contribution is 0.0375. The van der Waals surface area contributed by atoms with E-state index in [1.54, 1.807) is 27.5 Å². The molecule has 1 N–H and O–H groups in total. The number of carbonyl (C=O) groups is 1. The number of fused-ring (bicyclic) bond motifs is 2. The molecule has 0 spiro atoms. The third-order valence-electron chi connectivity index (χ3n) is 5.43. The van der Waals surface area contributed by atoms with Crippen molar-refractivity contribution in [3.05, 3.63) is 24.0 Å². The van der Waals surface area contributed by atoms with Crippen LogP contribution >= 0.6 is 11.8 Å². The lowest BCUT2D eigenvalue weighted by atomic mass is 10.3. The molecule has 0 radical (unpaired) electrons. The second-order valence-corrected chi connectivity index (χ2v) is 8.59. The Balaban J connectivity index is 1.17. The highest BCUT2D eigenvalue weighted by Crippen LogP contribution is 2.35. The maximum Gasteiger partial charge on any atom is 0.336 e. The molecule has 1 saturated heterocycles. The summed E-state index contributed by atoms with van der Waals surface area (Å²) in [5.41, 5.74) is 0. The Morgan fingerprint density at radius 2 is 2.03 bits per heavy atom. The zero-order valence-corrected chi connectivity index (χ0v) is 18.5. The molecule has 5 rings (SSSR count). The number of carbonyl (C=O) groups excluding carboxylic acids is 1. The van der Waals surface area contributed by atoms with Gasteiger partial charge in [0, 0.05) is 31.5 Å². The second-order valence-electron chi connectivity index (χ2n) is 7.53. The van der Waals surface area contributed by atoms with Crippen LogP contribution in [0.2, 0.25) is 0 Å². The van der Waals surface area contributed by atoms with Gasteiger partial charge in [-0.2, -0.15) is 0 Å². The molecule has 0 aliphatic carbocycles. The minimum absolute atomic E-state index is 0.155. The van der Waals surface area contributed by atoms with Crippen LogP contribution in [-0.2, 0) is 11.3 Å². The number of rotatable bonds is 7. The topological polar surface area (TPSA) is 103 Å². The van der Waals surface area contributed by atoms with Crippen molar-refractivity contribution < 1.29 is 23.7 Å². The molecule has 2 aromatic rings. The van der Waals surface area contributed by atoms with Crippen molar-refractivity contribution in [1.82, 2.24) is 25.1 Å². The summed E-state index contributed by atoms with van der Waals surface area (Å²) in [6.07, 6.45) is 0.892. The number of urea groups is 1. The standard InChI is InChI=1S/C20H26N6O5S/c27-19(21-4-1-5-24-6-9-28-10-7-24)25-8-11-32-20-23-22-18(26(20)25)13-29-15-2-3-16-17(12-15)31-14-30-16/h2-3,12H,1,4-11,13-14H2,(H,21,27). The molecular weight excluding hydrogens is 436 g/mol. The Labute approximate surface area is 189 Å². The van der Waals surface area contributed by atoms with Gasteiger partial charge >= 0.3 is 6.03 Å². The van der Waals surface area contributed by atoms with Gasteiger partial charge in [0.15, 0.2) is 17.3 Å². The number of morpholine rings is 1. The Morgan fingerprint density at radius 1 is 1.16 bits per heavy atom. The molecule has 0 unspecified atom stereocenters. The van der Waals surface area contributed by atoms with E-state index >= 15 is 0 Å². The van der Waals surface area contributed by atoms with Gasteiger partial charge in [0.1, 0.15) is 12.4 Å². The summed E-state index contributed by atoms with van der Waals surface area (Å²) < 4.78 is 23.7. The Morgan fingerprint density at radius 3 is 2.94 bits per heavy atom. The van der Waals surface area contributed by atoms with Crippen molar-refractivity contribution >= 4 is 17.8 Å². The van der Waals surface area contributed by atoms with Crippen LogP contribution in [0.1, 0.15) is 12.2 Å². The van der Waals surface area contributed by atoms with Crippen molar-refractivity contribution in [3.63, 3.8) is 0 Å². The molecule has 4 heterocycles. The van der Waals surface area contributed by atoms with Crippen molar-refractivity contribution in [2.24, 2.45) is 0 Å². The Hall–Kier alpha value is -2.70. The van der Waals surface area contributed by atoms with E-state index in [-0.39, 0.29) is 19.4 Å². The first kappa shape index (κ1) is 21.2. The van der Waals surface area contributed by atoms with Gasteiger partial charge in [-0.15, -0.1) is 10.2 Å². The first-order chi connectivity index (χ1) is 15.8. The molecule has 1 fully saturated rings. The molecule has 3 aliphatic heterocycles. The van der Waals surface area contributed by atoms with Gasteiger partial charge in [-0.05, 0) is 25.1 Å². The van der Waals surface area contributed by atoms with Crippen molar-refractivity contribution in [1.29, 1.82) is 0 Å². The number of thioether (sulfide) groups is 1. The van der Waals surface area contributed by atoms with E-state index in [4.69, 9.17) is 18.9 Å². The van der Waals surface area contributed by atoms with E-state index in [1.807, 2.05) is 12.1 Å². The fourth-order valence-electron chi connectivity index (χ4n) is 3.76. The SMILES string of the molecule is O=C(NCCCN1CCOCC1)N1CCSc2nnc(COc3ccc4c(c3)OCO4)n21.